The summed E-state index contributed by atoms with van der Waals surface area (Å²) >= 11 is 1.20. The highest BCUT2D eigenvalue weighted by atomic mass is 32.1. The average Bonchev–Trinajstić information content (AvgIpc) is 3.20. The molecule has 3 heterocycles. The van der Waals surface area contributed by atoms with Crippen molar-refractivity contribution in [2.45, 2.75) is 12.3 Å². The molecule has 1 amide bonds. The van der Waals surface area contributed by atoms with Crippen LogP contribution in [0.5, 0.6) is 0 Å². The topological polar surface area (TPSA) is 83.6 Å². The summed E-state index contributed by atoms with van der Waals surface area (Å²) in [6, 6.07) is 10.0. The monoisotopic (exact) mass is 321 g/mol. The van der Waals surface area contributed by atoms with Gasteiger partial charge in [0.1, 0.15) is 11.0 Å². The van der Waals surface area contributed by atoms with E-state index in [1.165, 1.54) is 11.7 Å². The first-order valence-corrected chi connectivity index (χ1v) is 8.01. The van der Waals surface area contributed by atoms with E-state index in [9.17, 15) is 4.79 Å². The number of nitrogens with zero attached hydrogens (tertiary/aromatic N) is 3. The zero-order chi connectivity index (χ0) is 15.4. The number of aromatic amines is 1. The van der Waals surface area contributed by atoms with Gasteiger partial charge in [-0.15, -0.1) is 0 Å². The van der Waals surface area contributed by atoms with Gasteiger partial charge in [0.05, 0.1) is 23.4 Å². The van der Waals surface area contributed by atoms with Gasteiger partial charge in [0.2, 0.25) is 5.91 Å². The number of benzene rings is 2. The molecule has 0 saturated carbocycles. The lowest BCUT2D eigenvalue weighted by atomic mass is 9.83. The normalized spacial score (nSPS) is 17.4. The first-order chi connectivity index (χ1) is 11.3. The maximum atomic E-state index is 12.2. The Morgan fingerprint density at radius 1 is 1.17 bits per heavy atom. The van der Waals surface area contributed by atoms with Crippen molar-refractivity contribution in [3.05, 3.63) is 47.7 Å². The van der Waals surface area contributed by atoms with Gasteiger partial charge in [0, 0.05) is 23.4 Å². The van der Waals surface area contributed by atoms with Crippen molar-refractivity contribution in [2.24, 2.45) is 0 Å². The van der Waals surface area contributed by atoms with Crippen molar-refractivity contribution in [2.75, 3.05) is 5.32 Å². The largest absolute Gasteiger partial charge is 0.326 e. The molecule has 4 aromatic rings. The Morgan fingerprint density at radius 2 is 2.13 bits per heavy atom. The molecule has 2 aromatic heterocycles. The molecule has 0 saturated heterocycles. The Hall–Kier alpha value is -2.80. The molecule has 23 heavy (non-hydrogen) atoms. The number of carbonyl (C=O) groups excluding carboxylic acids is 1. The number of anilines is 1. The van der Waals surface area contributed by atoms with Crippen LogP contribution in [0.3, 0.4) is 0 Å². The predicted octanol–water partition coefficient (Wildman–Crippen LogP) is 3.04. The van der Waals surface area contributed by atoms with E-state index < -0.39 is 0 Å². The summed E-state index contributed by atoms with van der Waals surface area (Å²) in [6.07, 6.45) is 2.21. The van der Waals surface area contributed by atoms with E-state index in [0.29, 0.717) is 6.42 Å². The van der Waals surface area contributed by atoms with Crippen LogP contribution in [0.25, 0.3) is 21.9 Å². The standard InChI is InChI=1S/C16H11N5OS/c22-15-5-10(9-2-1-3-12-16(9)21-23-20-12)11-4-8-7-17-19-13(8)6-14(11)18-15/h1-4,6-7,10H,5H2,(H,17,19)(H,18,22). The van der Waals surface area contributed by atoms with E-state index in [0.717, 1.165) is 38.8 Å². The highest BCUT2D eigenvalue weighted by Crippen LogP contribution is 2.40. The van der Waals surface area contributed by atoms with Crippen LogP contribution in [-0.4, -0.2) is 24.9 Å². The van der Waals surface area contributed by atoms with Crippen LogP contribution in [0, 0.1) is 0 Å². The molecule has 5 rings (SSSR count). The van der Waals surface area contributed by atoms with Crippen LogP contribution in [-0.2, 0) is 4.79 Å². The van der Waals surface area contributed by atoms with Crippen LogP contribution in [0.15, 0.2) is 36.5 Å². The summed E-state index contributed by atoms with van der Waals surface area (Å²) in [4.78, 5) is 12.2. The molecule has 0 bridgehead atoms. The molecule has 0 radical (unpaired) electrons. The highest BCUT2D eigenvalue weighted by Gasteiger charge is 2.29. The van der Waals surface area contributed by atoms with Gasteiger partial charge < -0.3 is 5.32 Å². The molecule has 2 aromatic carbocycles. The van der Waals surface area contributed by atoms with Crippen LogP contribution >= 0.6 is 11.7 Å². The van der Waals surface area contributed by atoms with E-state index in [2.05, 4.69) is 30.3 Å². The summed E-state index contributed by atoms with van der Waals surface area (Å²) < 4.78 is 8.73. The van der Waals surface area contributed by atoms with E-state index in [4.69, 9.17) is 0 Å². The Labute approximate surface area is 134 Å². The van der Waals surface area contributed by atoms with Gasteiger partial charge in [-0.25, -0.2) is 0 Å². The lowest BCUT2D eigenvalue weighted by molar-refractivity contribution is -0.116. The zero-order valence-corrected chi connectivity index (χ0v) is 12.7. The maximum Gasteiger partial charge on any atom is 0.225 e. The van der Waals surface area contributed by atoms with Crippen LogP contribution in [0.4, 0.5) is 5.69 Å². The number of H-pyrrole nitrogens is 1. The van der Waals surface area contributed by atoms with Gasteiger partial charge in [-0.05, 0) is 29.3 Å². The molecule has 0 fully saturated rings. The van der Waals surface area contributed by atoms with Crippen molar-refractivity contribution >= 4 is 45.3 Å². The van der Waals surface area contributed by atoms with E-state index in [1.54, 1.807) is 6.20 Å². The second-order valence-corrected chi connectivity index (χ2v) is 6.21. The molecule has 1 aliphatic rings. The summed E-state index contributed by atoms with van der Waals surface area (Å²) in [6.45, 7) is 0. The average molecular weight is 321 g/mol. The number of rotatable bonds is 1. The number of nitrogens with one attached hydrogen (secondary N) is 2. The first-order valence-electron chi connectivity index (χ1n) is 7.27. The number of amides is 1. The van der Waals surface area contributed by atoms with Gasteiger partial charge in [0.25, 0.3) is 0 Å². The third kappa shape index (κ3) is 1.86. The van der Waals surface area contributed by atoms with Crippen LogP contribution in [0.1, 0.15) is 23.5 Å². The molecule has 6 nitrogen and oxygen atoms in total. The van der Waals surface area contributed by atoms with Gasteiger partial charge in [-0.1, -0.05) is 12.1 Å². The van der Waals surface area contributed by atoms with Crippen LogP contribution in [0.2, 0.25) is 0 Å². The third-order valence-electron chi connectivity index (χ3n) is 4.34. The molecular formula is C16H11N5OS. The molecular weight excluding hydrogens is 310 g/mol. The van der Waals surface area contributed by atoms with Crippen molar-refractivity contribution in [3.8, 4) is 0 Å². The van der Waals surface area contributed by atoms with Crippen molar-refractivity contribution in [1.82, 2.24) is 18.9 Å². The minimum absolute atomic E-state index is 0.0153. The molecule has 2 N–H and O–H groups in total. The quantitative estimate of drug-likeness (QED) is 0.564. The van der Waals surface area contributed by atoms with Crippen molar-refractivity contribution in [1.29, 1.82) is 0 Å². The summed E-state index contributed by atoms with van der Waals surface area (Å²) in [5.74, 6) is -0.00722. The summed E-state index contributed by atoms with van der Waals surface area (Å²) in [5, 5.41) is 11.0. The predicted molar refractivity (Wildman–Crippen MR) is 88.6 cm³/mol. The van der Waals surface area contributed by atoms with Crippen LogP contribution < -0.4 is 5.32 Å². The Morgan fingerprint density at radius 3 is 3.09 bits per heavy atom. The fraction of sp³-hybridized carbons (Fsp3) is 0.125. The number of fused-ring (bicyclic) bond motifs is 3. The molecule has 7 heteroatoms. The maximum absolute atomic E-state index is 12.2. The summed E-state index contributed by atoms with van der Waals surface area (Å²) in [5.41, 5.74) is 5.66. The van der Waals surface area contributed by atoms with E-state index >= 15 is 0 Å². The Bertz CT molecular complexity index is 1070. The molecule has 1 atom stereocenters. The highest BCUT2D eigenvalue weighted by molar-refractivity contribution is 7.00. The third-order valence-corrected chi connectivity index (χ3v) is 4.88. The van der Waals surface area contributed by atoms with Gasteiger partial charge in [-0.3, -0.25) is 9.89 Å². The Balaban J connectivity index is 1.78. The van der Waals surface area contributed by atoms with E-state index in [1.807, 2.05) is 24.3 Å². The van der Waals surface area contributed by atoms with E-state index in [-0.39, 0.29) is 11.8 Å². The number of hydrogen-bond donors (Lipinski definition) is 2. The molecule has 0 spiro atoms. The number of carbonyl (C=O) groups is 1. The molecule has 112 valence electrons. The second-order valence-electron chi connectivity index (χ2n) is 5.68. The number of hydrogen-bond acceptors (Lipinski definition) is 5. The van der Waals surface area contributed by atoms with Gasteiger partial charge >= 0.3 is 0 Å². The van der Waals surface area contributed by atoms with Gasteiger partial charge in [-0.2, -0.15) is 13.8 Å². The lowest BCUT2D eigenvalue weighted by Crippen LogP contribution is -2.23. The molecule has 1 unspecified atom stereocenters. The zero-order valence-electron chi connectivity index (χ0n) is 11.9. The van der Waals surface area contributed by atoms with Crippen molar-refractivity contribution in [3.63, 3.8) is 0 Å². The van der Waals surface area contributed by atoms with Gasteiger partial charge in [0.15, 0.2) is 0 Å². The first kappa shape index (κ1) is 12.7. The minimum atomic E-state index is -0.0225. The smallest absolute Gasteiger partial charge is 0.225 e. The molecule has 0 aliphatic carbocycles. The SMILES string of the molecule is O=C1CC(c2cccc3nsnc23)c2cc3cn[nH]c3cc2N1. The lowest BCUT2D eigenvalue weighted by Gasteiger charge is -2.26. The molecule has 1 aliphatic heterocycles. The second kappa shape index (κ2) is 4.60. The fourth-order valence-electron chi connectivity index (χ4n) is 3.29. The Kier molecular flexibility index (Phi) is 2.54. The fourth-order valence-corrected chi connectivity index (χ4v) is 3.84. The summed E-state index contributed by atoms with van der Waals surface area (Å²) in [7, 11) is 0. The van der Waals surface area contributed by atoms with Crippen molar-refractivity contribution < 1.29 is 4.79 Å². The number of aromatic nitrogens is 4. The minimum Gasteiger partial charge on any atom is -0.326 e.